The van der Waals surface area contributed by atoms with Crippen molar-refractivity contribution in [2.75, 3.05) is 5.75 Å². The normalized spacial score (nSPS) is 14.2. The molecule has 0 fully saturated rings. The predicted molar refractivity (Wildman–Crippen MR) is 62.7 cm³/mol. The van der Waals surface area contributed by atoms with Gasteiger partial charge in [0.25, 0.3) is 0 Å². The number of thioether (sulfide) groups is 1. The van der Waals surface area contributed by atoms with Crippen LogP contribution in [0.4, 0.5) is 0 Å². The Balaban J connectivity index is 2.33. The molecule has 0 aliphatic heterocycles. The topological polar surface area (TPSA) is 69.6 Å². The summed E-state index contributed by atoms with van der Waals surface area (Å²) in [7, 11) is 1.76. The van der Waals surface area contributed by atoms with Crippen LogP contribution in [0.2, 0.25) is 0 Å². The maximum Gasteiger partial charge on any atom is 0.176 e. The van der Waals surface area contributed by atoms with Crippen molar-refractivity contribution in [2.45, 2.75) is 38.0 Å². The molecule has 86 valence electrons. The van der Waals surface area contributed by atoms with Crippen LogP contribution < -0.4 is 5.73 Å². The molecule has 0 saturated heterocycles. The van der Waals surface area contributed by atoms with E-state index in [1.807, 2.05) is 11.8 Å². The molecule has 15 heavy (non-hydrogen) atoms. The summed E-state index contributed by atoms with van der Waals surface area (Å²) in [5, 5.41) is 11.8. The highest BCUT2D eigenvalue weighted by Gasteiger charge is 2.14. The smallest absolute Gasteiger partial charge is 0.176 e. The van der Waals surface area contributed by atoms with E-state index in [4.69, 9.17) is 5.73 Å². The monoisotopic (exact) mass is 229 g/mol. The van der Waals surface area contributed by atoms with Gasteiger partial charge in [-0.2, -0.15) is 16.6 Å². The van der Waals surface area contributed by atoms with Crippen LogP contribution in [0.5, 0.6) is 0 Å². The molecule has 5 nitrogen and oxygen atoms in total. The first-order valence-electron chi connectivity index (χ1n) is 4.99. The first-order valence-corrected chi connectivity index (χ1v) is 5.98. The van der Waals surface area contributed by atoms with Crippen molar-refractivity contribution in [3.05, 3.63) is 5.82 Å². The molecule has 1 unspecified atom stereocenters. The third kappa shape index (κ3) is 5.13. The maximum absolute atomic E-state index is 5.98. The fraction of sp³-hybridized carbons (Fsp3) is 0.889. The van der Waals surface area contributed by atoms with E-state index in [1.54, 1.807) is 7.05 Å². The van der Waals surface area contributed by atoms with Gasteiger partial charge in [-0.3, -0.25) is 0 Å². The van der Waals surface area contributed by atoms with E-state index in [0.29, 0.717) is 6.42 Å². The zero-order valence-electron chi connectivity index (χ0n) is 9.77. The van der Waals surface area contributed by atoms with Gasteiger partial charge in [0, 0.05) is 23.0 Å². The number of nitrogens with two attached hydrogens (primary N) is 1. The van der Waals surface area contributed by atoms with Crippen LogP contribution in [0, 0.1) is 0 Å². The minimum atomic E-state index is 0.0958. The molecule has 1 atom stereocenters. The Morgan fingerprint density at radius 2 is 2.13 bits per heavy atom. The average molecular weight is 229 g/mol. The number of hydrogen-bond donors (Lipinski definition) is 1. The largest absolute Gasteiger partial charge is 0.327 e. The third-order valence-electron chi connectivity index (χ3n) is 1.72. The average Bonchev–Trinajstić information content (AvgIpc) is 2.47. The Morgan fingerprint density at radius 3 is 2.60 bits per heavy atom. The summed E-state index contributed by atoms with van der Waals surface area (Å²) < 4.78 is 0.257. The molecule has 0 aromatic carbocycles. The zero-order valence-corrected chi connectivity index (χ0v) is 10.6. The summed E-state index contributed by atoms with van der Waals surface area (Å²) in [4.78, 5) is 1.46. The van der Waals surface area contributed by atoms with Crippen LogP contribution in [-0.4, -0.2) is 36.7 Å². The first kappa shape index (κ1) is 12.4. The number of tetrazole rings is 1. The van der Waals surface area contributed by atoms with E-state index in [9.17, 15) is 0 Å². The highest BCUT2D eigenvalue weighted by molar-refractivity contribution is 8.00. The molecule has 1 aromatic rings. The Hall–Kier alpha value is -0.620. The molecule has 0 bridgehead atoms. The van der Waals surface area contributed by atoms with Gasteiger partial charge in [-0.1, -0.05) is 20.8 Å². The molecule has 0 saturated carbocycles. The van der Waals surface area contributed by atoms with Gasteiger partial charge in [-0.25, -0.2) is 0 Å². The fourth-order valence-corrected chi connectivity index (χ4v) is 1.89. The minimum absolute atomic E-state index is 0.0958. The standard InChI is InChI=1S/C9H19N5S/c1-9(2,3)15-6-7(10)5-8-11-13-14(4)12-8/h7H,5-6,10H2,1-4H3. The minimum Gasteiger partial charge on any atom is -0.327 e. The molecular formula is C9H19N5S. The van der Waals surface area contributed by atoms with Crippen LogP contribution in [0.25, 0.3) is 0 Å². The van der Waals surface area contributed by atoms with Crippen molar-refractivity contribution < 1.29 is 0 Å². The SMILES string of the molecule is Cn1nnc(CC(N)CSC(C)(C)C)n1. The van der Waals surface area contributed by atoms with E-state index < -0.39 is 0 Å². The zero-order chi connectivity index (χ0) is 11.5. The second-order valence-corrected chi connectivity index (χ2v) is 6.43. The van der Waals surface area contributed by atoms with Crippen LogP contribution >= 0.6 is 11.8 Å². The summed E-state index contributed by atoms with van der Waals surface area (Å²) in [6.07, 6.45) is 0.691. The van der Waals surface area contributed by atoms with Gasteiger partial charge in [0.15, 0.2) is 5.82 Å². The van der Waals surface area contributed by atoms with Gasteiger partial charge < -0.3 is 5.73 Å². The number of rotatable bonds is 4. The predicted octanol–water partition coefficient (Wildman–Crippen LogP) is 0.612. The van der Waals surface area contributed by atoms with Gasteiger partial charge in [0.1, 0.15) is 0 Å². The van der Waals surface area contributed by atoms with Crippen LogP contribution in [-0.2, 0) is 13.5 Å². The molecule has 1 rings (SSSR count). The van der Waals surface area contributed by atoms with Gasteiger partial charge in [-0.15, -0.1) is 10.2 Å². The molecule has 2 N–H and O–H groups in total. The Labute approximate surface area is 94.8 Å². The molecular weight excluding hydrogens is 210 g/mol. The lowest BCUT2D eigenvalue weighted by atomic mass is 10.2. The molecule has 1 heterocycles. The second kappa shape index (κ2) is 4.94. The summed E-state index contributed by atoms with van der Waals surface area (Å²) in [6, 6.07) is 0.0958. The maximum atomic E-state index is 5.98. The van der Waals surface area contributed by atoms with E-state index in [1.165, 1.54) is 4.80 Å². The van der Waals surface area contributed by atoms with Gasteiger partial charge >= 0.3 is 0 Å². The number of aryl methyl sites for hydroxylation is 1. The Morgan fingerprint density at radius 1 is 1.47 bits per heavy atom. The molecule has 0 aliphatic carbocycles. The van der Waals surface area contributed by atoms with E-state index in [0.717, 1.165) is 11.6 Å². The van der Waals surface area contributed by atoms with E-state index in [2.05, 4.69) is 36.2 Å². The molecule has 0 aliphatic rings. The van der Waals surface area contributed by atoms with Gasteiger partial charge in [-0.05, 0) is 5.21 Å². The second-order valence-electron chi connectivity index (χ2n) is 4.58. The summed E-state index contributed by atoms with van der Waals surface area (Å²) >= 11 is 1.86. The van der Waals surface area contributed by atoms with Crippen molar-refractivity contribution in [1.29, 1.82) is 0 Å². The van der Waals surface area contributed by atoms with Crippen molar-refractivity contribution >= 4 is 11.8 Å². The number of nitrogens with zero attached hydrogens (tertiary/aromatic N) is 4. The fourth-order valence-electron chi connectivity index (χ4n) is 1.06. The van der Waals surface area contributed by atoms with E-state index in [-0.39, 0.29) is 10.8 Å². The van der Waals surface area contributed by atoms with Gasteiger partial charge in [0.2, 0.25) is 0 Å². The van der Waals surface area contributed by atoms with Gasteiger partial charge in [0.05, 0.1) is 7.05 Å². The Bertz CT molecular complexity index is 304. The lowest BCUT2D eigenvalue weighted by Crippen LogP contribution is -2.28. The number of aromatic nitrogens is 4. The van der Waals surface area contributed by atoms with Crippen molar-refractivity contribution in [3.8, 4) is 0 Å². The molecule has 6 heteroatoms. The first-order chi connectivity index (χ1) is 6.87. The molecule has 0 amide bonds. The molecule has 0 spiro atoms. The van der Waals surface area contributed by atoms with Crippen LogP contribution in [0.3, 0.4) is 0 Å². The molecule has 0 radical (unpaired) electrons. The lowest BCUT2D eigenvalue weighted by Gasteiger charge is -2.19. The highest BCUT2D eigenvalue weighted by Crippen LogP contribution is 2.23. The van der Waals surface area contributed by atoms with Crippen molar-refractivity contribution in [2.24, 2.45) is 12.8 Å². The number of hydrogen-bond acceptors (Lipinski definition) is 5. The van der Waals surface area contributed by atoms with Crippen molar-refractivity contribution in [1.82, 2.24) is 20.2 Å². The molecule has 1 aromatic heterocycles. The third-order valence-corrected chi connectivity index (χ3v) is 3.19. The highest BCUT2D eigenvalue weighted by atomic mass is 32.2. The summed E-state index contributed by atoms with van der Waals surface area (Å²) in [5.74, 6) is 1.64. The summed E-state index contributed by atoms with van der Waals surface area (Å²) in [6.45, 7) is 6.56. The quantitative estimate of drug-likeness (QED) is 0.819. The Kier molecular flexibility index (Phi) is 4.10. The van der Waals surface area contributed by atoms with Crippen LogP contribution in [0.1, 0.15) is 26.6 Å². The summed E-state index contributed by atoms with van der Waals surface area (Å²) in [5.41, 5.74) is 5.98. The van der Waals surface area contributed by atoms with Crippen molar-refractivity contribution in [3.63, 3.8) is 0 Å². The van der Waals surface area contributed by atoms with E-state index >= 15 is 0 Å². The van der Waals surface area contributed by atoms with Crippen LogP contribution in [0.15, 0.2) is 0 Å². The lowest BCUT2D eigenvalue weighted by molar-refractivity contribution is 0.624.